The average Bonchev–Trinajstić information content (AvgIpc) is 3.07. The van der Waals surface area contributed by atoms with Gasteiger partial charge in [0.25, 0.3) is 0 Å². The molecule has 1 unspecified atom stereocenters. The van der Waals surface area contributed by atoms with E-state index >= 15 is 0 Å². The molecule has 9 nitrogen and oxygen atoms in total. The second kappa shape index (κ2) is 9.86. The summed E-state index contributed by atoms with van der Waals surface area (Å²) in [4.78, 5) is 15.2. The van der Waals surface area contributed by atoms with E-state index in [1.165, 1.54) is 19.2 Å². The number of methoxy groups -OCH3 is 2. The fraction of sp³-hybridized carbons (Fsp3) is 0.435. The fourth-order valence-electron chi connectivity index (χ4n) is 4.09. The summed E-state index contributed by atoms with van der Waals surface area (Å²) >= 11 is 0. The van der Waals surface area contributed by atoms with E-state index < -0.39 is 0 Å². The largest absolute Gasteiger partial charge is 0.481 e. The number of hydrogen-bond donors (Lipinski definition) is 1. The number of ether oxygens (including phenoxy) is 2. The van der Waals surface area contributed by atoms with E-state index in [-0.39, 0.29) is 6.04 Å². The van der Waals surface area contributed by atoms with E-state index in [9.17, 15) is 0 Å². The van der Waals surface area contributed by atoms with Crippen LogP contribution >= 0.6 is 0 Å². The van der Waals surface area contributed by atoms with Crippen molar-refractivity contribution in [3.05, 3.63) is 36.7 Å². The lowest BCUT2D eigenvalue weighted by molar-refractivity contribution is 0.395. The second-order valence-corrected chi connectivity index (χ2v) is 8.02. The first-order valence-corrected chi connectivity index (χ1v) is 10.8. The minimum Gasteiger partial charge on any atom is -0.481 e. The molecule has 1 saturated carbocycles. The van der Waals surface area contributed by atoms with Crippen molar-refractivity contribution in [1.29, 1.82) is 0 Å². The minimum atomic E-state index is 0.252. The van der Waals surface area contributed by atoms with E-state index in [0.717, 1.165) is 30.6 Å². The Balaban J connectivity index is 1.56. The molecule has 0 aromatic carbocycles. The van der Waals surface area contributed by atoms with Gasteiger partial charge in [-0.1, -0.05) is 12.8 Å². The Morgan fingerprint density at radius 3 is 2.50 bits per heavy atom. The molecule has 0 saturated heterocycles. The molecule has 0 radical (unpaired) electrons. The van der Waals surface area contributed by atoms with Crippen molar-refractivity contribution >= 4 is 5.82 Å². The Morgan fingerprint density at radius 2 is 1.75 bits per heavy atom. The molecular weight excluding hydrogens is 406 g/mol. The molecular formula is C23H29N7O2. The molecule has 0 amide bonds. The summed E-state index contributed by atoms with van der Waals surface area (Å²) in [6.07, 6.45) is 7.04. The van der Waals surface area contributed by atoms with Crippen molar-refractivity contribution in [2.45, 2.75) is 44.2 Å². The second-order valence-electron chi connectivity index (χ2n) is 8.02. The first-order chi connectivity index (χ1) is 15.6. The molecule has 0 spiro atoms. The highest BCUT2D eigenvalue weighted by atomic mass is 16.5. The maximum atomic E-state index is 6.24. The predicted molar refractivity (Wildman–Crippen MR) is 123 cm³/mol. The zero-order chi connectivity index (χ0) is 22.5. The van der Waals surface area contributed by atoms with Crippen molar-refractivity contribution in [2.75, 3.05) is 26.2 Å². The van der Waals surface area contributed by atoms with E-state index in [1.807, 2.05) is 24.3 Å². The van der Waals surface area contributed by atoms with Crippen LogP contribution in [0.2, 0.25) is 0 Å². The molecule has 3 aromatic heterocycles. The molecule has 2 atom stereocenters. The van der Waals surface area contributed by atoms with Crippen LogP contribution in [0.15, 0.2) is 36.7 Å². The Hall–Kier alpha value is -3.33. The average molecular weight is 436 g/mol. The van der Waals surface area contributed by atoms with Crippen LogP contribution in [0.25, 0.3) is 22.6 Å². The monoisotopic (exact) mass is 435 g/mol. The first-order valence-electron chi connectivity index (χ1n) is 10.8. The van der Waals surface area contributed by atoms with E-state index in [0.29, 0.717) is 34.9 Å². The van der Waals surface area contributed by atoms with Crippen LogP contribution in [0.1, 0.15) is 32.1 Å². The normalized spacial score (nSPS) is 18.6. The van der Waals surface area contributed by atoms with Gasteiger partial charge in [-0.2, -0.15) is 0 Å². The van der Waals surface area contributed by atoms with Gasteiger partial charge >= 0.3 is 0 Å². The Kier molecular flexibility index (Phi) is 6.75. The zero-order valence-corrected chi connectivity index (χ0v) is 18.7. The molecule has 1 fully saturated rings. The van der Waals surface area contributed by atoms with Crippen LogP contribution in [-0.2, 0) is 0 Å². The SMILES string of the molecule is COc1cc(-c2ccc(-c3ccc(N(C)[C@@H]4CCCCC(N)C4)nn3)nc2OC)ncn1. The van der Waals surface area contributed by atoms with Crippen LogP contribution in [0, 0.1) is 0 Å². The molecule has 2 N–H and O–H groups in total. The van der Waals surface area contributed by atoms with Crippen LogP contribution in [0.3, 0.4) is 0 Å². The topological polar surface area (TPSA) is 112 Å². The number of nitrogens with two attached hydrogens (primary N) is 1. The highest BCUT2D eigenvalue weighted by Gasteiger charge is 2.22. The van der Waals surface area contributed by atoms with Crippen LogP contribution in [0.5, 0.6) is 11.8 Å². The smallest absolute Gasteiger partial charge is 0.223 e. The number of pyridine rings is 1. The van der Waals surface area contributed by atoms with Crippen molar-refractivity contribution in [2.24, 2.45) is 5.73 Å². The number of nitrogens with zero attached hydrogens (tertiary/aromatic N) is 6. The van der Waals surface area contributed by atoms with Crippen LogP contribution < -0.4 is 20.1 Å². The molecule has 0 bridgehead atoms. The van der Waals surface area contributed by atoms with Crippen molar-refractivity contribution < 1.29 is 9.47 Å². The summed E-state index contributed by atoms with van der Waals surface area (Å²) < 4.78 is 10.7. The summed E-state index contributed by atoms with van der Waals surface area (Å²) in [5, 5.41) is 8.89. The first kappa shape index (κ1) is 21.9. The Bertz CT molecular complexity index is 1040. The third kappa shape index (κ3) is 4.77. The summed E-state index contributed by atoms with van der Waals surface area (Å²) in [5.74, 6) is 1.75. The van der Waals surface area contributed by atoms with E-state index in [4.69, 9.17) is 15.2 Å². The van der Waals surface area contributed by atoms with Gasteiger partial charge in [0.2, 0.25) is 11.8 Å². The molecule has 32 heavy (non-hydrogen) atoms. The summed E-state index contributed by atoms with van der Waals surface area (Å²) in [6, 6.07) is 10.1. The van der Waals surface area contributed by atoms with Gasteiger partial charge in [-0.05, 0) is 43.5 Å². The molecule has 4 rings (SSSR count). The quantitative estimate of drug-likeness (QED) is 0.584. The molecule has 3 aromatic rings. The number of anilines is 1. The van der Waals surface area contributed by atoms with Crippen molar-refractivity contribution in [3.63, 3.8) is 0 Å². The molecule has 0 aliphatic heterocycles. The van der Waals surface area contributed by atoms with Gasteiger partial charge in [0.15, 0.2) is 5.82 Å². The van der Waals surface area contributed by atoms with Gasteiger partial charge in [0, 0.05) is 25.2 Å². The maximum Gasteiger partial charge on any atom is 0.223 e. The number of rotatable bonds is 6. The Morgan fingerprint density at radius 1 is 0.938 bits per heavy atom. The third-order valence-corrected chi connectivity index (χ3v) is 5.94. The third-order valence-electron chi connectivity index (χ3n) is 5.94. The molecule has 9 heteroatoms. The van der Waals surface area contributed by atoms with Gasteiger partial charge < -0.3 is 20.1 Å². The van der Waals surface area contributed by atoms with Crippen LogP contribution in [-0.4, -0.2) is 58.5 Å². The number of hydrogen-bond acceptors (Lipinski definition) is 9. The van der Waals surface area contributed by atoms with Crippen molar-refractivity contribution in [3.8, 4) is 34.4 Å². The summed E-state index contributed by atoms with van der Waals surface area (Å²) in [5.41, 5.74) is 8.99. The zero-order valence-electron chi connectivity index (χ0n) is 18.7. The van der Waals surface area contributed by atoms with Crippen LogP contribution in [0.4, 0.5) is 5.82 Å². The number of aromatic nitrogens is 5. The van der Waals surface area contributed by atoms with E-state index in [1.54, 1.807) is 20.3 Å². The van der Waals surface area contributed by atoms with Gasteiger partial charge in [-0.3, -0.25) is 0 Å². The lowest BCUT2D eigenvalue weighted by Crippen LogP contribution is -2.36. The minimum absolute atomic E-state index is 0.252. The van der Waals surface area contributed by atoms with Gasteiger partial charge in [-0.25, -0.2) is 15.0 Å². The highest BCUT2D eigenvalue weighted by Crippen LogP contribution is 2.31. The highest BCUT2D eigenvalue weighted by molar-refractivity contribution is 5.69. The molecule has 1 aliphatic carbocycles. The predicted octanol–water partition coefficient (Wildman–Crippen LogP) is 3.11. The standard InChI is InChI=1S/C23H29N7O2/c1-30(16-7-5-4-6-15(24)12-16)21-11-10-19(28-29-21)18-9-8-17(23(27-18)32-3)20-13-22(31-2)26-14-25-20/h8-11,13-16H,4-7,12,24H2,1-3H3/t15?,16-/m1/s1. The lowest BCUT2D eigenvalue weighted by Gasteiger charge is -2.29. The summed E-state index contributed by atoms with van der Waals surface area (Å²) in [6.45, 7) is 0. The van der Waals surface area contributed by atoms with Gasteiger partial charge in [0.05, 0.1) is 31.2 Å². The lowest BCUT2D eigenvalue weighted by atomic mass is 10.1. The van der Waals surface area contributed by atoms with E-state index in [2.05, 4.69) is 37.1 Å². The summed E-state index contributed by atoms with van der Waals surface area (Å²) in [7, 11) is 5.21. The van der Waals surface area contributed by atoms with Gasteiger partial charge in [0.1, 0.15) is 12.0 Å². The molecule has 3 heterocycles. The van der Waals surface area contributed by atoms with Gasteiger partial charge in [-0.15, -0.1) is 10.2 Å². The fourth-order valence-corrected chi connectivity index (χ4v) is 4.09. The van der Waals surface area contributed by atoms with Crippen molar-refractivity contribution in [1.82, 2.24) is 25.1 Å². The molecule has 168 valence electrons. The Labute approximate surface area is 188 Å². The maximum absolute atomic E-state index is 6.24. The molecule has 1 aliphatic rings.